The van der Waals surface area contributed by atoms with Gasteiger partial charge in [0.25, 0.3) is 0 Å². The molecule has 25 heavy (non-hydrogen) atoms. The van der Waals surface area contributed by atoms with E-state index in [0.29, 0.717) is 5.56 Å². The number of amides is 2. The third kappa shape index (κ3) is 3.56. The maximum atomic E-state index is 12.9. The monoisotopic (exact) mass is 399 g/mol. The Morgan fingerprint density at radius 3 is 2.24 bits per heavy atom. The molecule has 2 aromatic rings. The van der Waals surface area contributed by atoms with Gasteiger partial charge in [0.05, 0.1) is 6.04 Å². The Balaban J connectivity index is 2.03. The van der Waals surface area contributed by atoms with Crippen LogP contribution in [0.25, 0.3) is 0 Å². The van der Waals surface area contributed by atoms with Crippen molar-refractivity contribution in [2.24, 2.45) is 0 Å². The molecule has 1 saturated heterocycles. The van der Waals surface area contributed by atoms with E-state index in [1.807, 2.05) is 37.3 Å². The summed E-state index contributed by atoms with van der Waals surface area (Å²) in [5, 5.41) is 0. The number of hydrogen-bond acceptors (Lipinski definition) is 3. The van der Waals surface area contributed by atoms with Gasteiger partial charge in [0, 0.05) is 18.4 Å². The second kappa shape index (κ2) is 7.31. The normalized spacial score (nSPS) is 16.8. The highest BCUT2D eigenvalue weighted by molar-refractivity contribution is 9.10. The van der Waals surface area contributed by atoms with E-state index in [2.05, 4.69) is 15.9 Å². The van der Waals surface area contributed by atoms with Crippen LogP contribution in [0.3, 0.4) is 0 Å². The fraction of sp³-hybridized carbons (Fsp3) is 0.250. The number of rotatable bonds is 5. The van der Waals surface area contributed by atoms with Crippen molar-refractivity contribution in [3.05, 3.63) is 71.3 Å². The minimum Gasteiger partial charge on any atom is -0.293 e. The fourth-order valence-corrected chi connectivity index (χ4v) is 3.92. The quantitative estimate of drug-likeness (QED) is 0.436. The van der Waals surface area contributed by atoms with Gasteiger partial charge in [-0.05, 0) is 12.5 Å². The molecule has 1 heterocycles. The smallest absolute Gasteiger partial charge is 0.230 e. The number of halogens is 1. The van der Waals surface area contributed by atoms with Gasteiger partial charge in [0.15, 0.2) is 5.78 Å². The van der Waals surface area contributed by atoms with Crippen molar-refractivity contribution in [2.45, 2.75) is 30.6 Å². The number of likely N-dealkylation sites (tertiary alicyclic amines) is 1. The summed E-state index contributed by atoms with van der Waals surface area (Å²) in [5.74, 6) is -0.622. The number of hydrogen-bond donors (Lipinski definition) is 0. The molecule has 1 aliphatic rings. The Hall–Kier alpha value is -2.27. The molecule has 3 rings (SSSR count). The van der Waals surface area contributed by atoms with Gasteiger partial charge in [-0.25, -0.2) is 0 Å². The lowest BCUT2D eigenvalue weighted by Crippen LogP contribution is -2.41. The summed E-state index contributed by atoms with van der Waals surface area (Å²) in [7, 11) is 0. The molecule has 0 aliphatic carbocycles. The summed E-state index contributed by atoms with van der Waals surface area (Å²) in [5.41, 5.74) is 2.32. The molecule has 4 nitrogen and oxygen atoms in total. The van der Waals surface area contributed by atoms with Crippen molar-refractivity contribution in [3.8, 4) is 0 Å². The predicted molar refractivity (Wildman–Crippen MR) is 98.5 cm³/mol. The van der Waals surface area contributed by atoms with E-state index in [-0.39, 0.29) is 30.4 Å². The molecule has 128 valence electrons. The summed E-state index contributed by atoms with van der Waals surface area (Å²) in [4.78, 5) is 38.1. The van der Waals surface area contributed by atoms with Crippen LogP contribution in [0.5, 0.6) is 0 Å². The molecule has 0 unspecified atom stereocenters. The first-order valence-corrected chi connectivity index (χ1v) is 9.05. The van der Waals surface area contributed by atoms with Crippen LogP contribution >= 0.6 is 15.9 Å². The summed E-state index contributed by atoms with van der Waals surface area (Å²) in [6.07, 6.45) is 0.390. The minimum absolute atomic E-state index is 0.153. The molecule has 0 saturated carbocycles. The molecule has 2 aromatic carbocycles. The fourth-order valence-electron chi connectivity index (χ4n) is 3.11. The van der Waals surface area contributed by atoms with E-state index < -0.39 is 10.9 Å². The highest BCUT2D eigenvalue weighted by Gasteiger charge is 2.41. The highest BCUT2D eigenvalue weighted by atomic mass is 79.9. The lowest BCUT2D eigenvalue weighted by atomic mass is 9.95. The maximum Gasteiger partial charge on any atom is 0.230 e. The number of imide groups is 1. The number of carbonyl (C=O) groups excluding carboxylic acids is 3. The van der Waals surface area contributed by atoms with Crippen LogP contribution in [0, 0.1) is 6.92 Å². The first kappa shape index (κ1) is 17.5. The minimum atomic E-state index is -0.706. The summed E-state index contributed by atoms with van der Waals surface area (Å²) < 4.78 is 0. The van der Waals surface area contributed by atoms with Crippen molar-refractivity contribution in [1.82, 2.24) is 4.90 Å². The molecule has 1 aliphatic heterocycles. The van der Waals surface area contributed by atoms with E-state index in [4.69, 9.17) is 0 Å². The Labute approximate surface area is 155 Å². The number of nitrogens with zero attached hydrogens (tertiary/aromatic N) is 1. The molecule has 2 amide bonds. The predicted octanol–water partition coefficient (Wildman–Crippen LogP) is 3.83. The SMILES string of the molecule is Cc1cccc([C@H]([C@@H](Br)C(=O)c2ccccc2)N2C(=O)CCC2=O)c1. The average molecular weight is 400 g/mol. The third-order valence-corrected chi connectivity index (χ3v) is 5.25. The molecule has 0 spiro atoms. The number of carbonyl (C=O) groups is 3. The lowest BCUT2D eigenvalue weighted by molar-refractivity contribution is -0.141. The number of aryl methyl sites for hydroxylation is 1. The van der Waals surface area contributed by atoms with Gasteiger partial charge in [-0.1, -0.05) is 76.1 Å². The lowest BCUT2D eigenvalue weighted by Gasteiger charge is -2.30. The second-order valence-electron chi connectivity index (χ2n) is 6.15. The maximum absolute atomic E-state index is 12.9. The zero-order chi connectivity index (χ0) is 18.0. The largest absolute Gasteiger partial charge is 0.293 e. The molecule has 0 bridgehead atoms. The summed E-state index contributed by atoms with van der Waals surface area (Å²) in [6.45, 7) is 1.94. The topological polar surface area (TPSA) is 54.5 Å². The standard InChI is InChI=1S/C20H18BrNO3/c1-13-6-5-9-15(12-13)19(22-16(23)10-11-17(22)24)18(21)20(25)14-7-3-2-4-8-14/h2-9,12,18-19H,10-11H2,1H3/t18-,19-/m1/s1. The first-order chi connectivity index (χ1) is 12.0. The molecule has 0 N–H and O–H groups in total. The van der Waals surface area contributed by atoms with Crippen molar-refractivity contribution in [1.29, 1.82) is 0 Å². The van der Waals surface area contributed by atoms with Crippen LogP contribution in [0.15, 0.2) is 54.6 Å². The average Bonchev–Trinajstić information content (AvgIpc) is 2.94. The van der Waals surface area contributed by atoms with Crippen LogP contribution in [0.4, 0.5) is 0 Å². The van der Waals surface area contributed by atoms with Gasteiger partial charge in [0.1, 0.15) is 4.83 Å². The van der Waals surface area contributed by atoms with Gasteiger partial charge in [-0.3, -0.25) is 19.3 Å². The van der Waals surface area contributed by atoms with Gasteiger partial charge in [-0.2, -0.15) is 0 Å². The van der Waals surface area contributed by atoms with E-state index in [0.717, 1.165) is 11.1 Å². The number of benzene rings is 2. The molecule has 1 fully saturated rings. The van der Waals surface area contributed by atoms with E-state index >= 15 is 0 Å². The van der Waals surface area contributed by atoms with Crippen molar-refractivity contribution < 1.29 is 14.4 Å². The van der Waals surface area contributed by atoms with Gasteiger partial charge in [0.2, 0.25) is 11.8 Å². The van der Waals surface area contributed by atoms with Crippen molar-refractivity contribution in [3.63, 3.8) is 0 Å². The van der Waals surface area contributed by atoms with Crippen LogP contribution in [0.2, 0.25) is 0 Å². The number of ketones is 1. The highest BCUT2D eigenvalue weighted by Crippen LogP contribution is 2.35. The molecular weight excluding hydrogens is 382 g/mol. The van der Waals surface area contributed by atoms with E-state index in [9.17, 15) is 14.4 Å². The van der Waals surface area contributed by atoms with Crippen molar-refractivity contribution in [2.75, 3.05) is 0 Å². The van der Waals surface area contributed by atoms with Crippen LogP contribution < -0.4 is 0 Å². The number of alkyl halides is 1. The zero-order valence-corrected chi connectivity index (χ0v) is 15.4. The first-order valence-electron chi connectivity index (χ1n) is 8.14. The summed E-state index contributed by atoms with van der Waals surface area (Å²) >= 11 is 3.48. The molecule has 2 atom stereocenters. The second-order valence-corrected chi connectivity index (χ2v) is 7.13. The van der Waals surface area contributed by atoms with Crippen LogP contribution in [0.1, 0.15) is 40.4 Å². The molecule has 0 aromatic heterocycles. The number of Topliss-reactive ketones (excluding diaryl/α,β-unsaturated/α-hetero) is 1. The molecular formula is C20H18BrNO3. The van der Waals surface area contributed by atoms with Gasteiger partial charge in [-0.15, -0.1) is 0 Å². The molecule has 0 radical (unpaired) electrons. The Morgan fingerprint density at radius 2 is 1.64 bits per heavy atom. The Morgan fingerprint density at radius 1 is 1.00 bits per heavy atom. The van der Waals surface area contributed by atoms with E-state index in [1.54, 1.807) is 24.3 Å². The van der Waals surface area contributed by atoms with E-state index in [1.165, 1.54) is 4.90 Å². The van der Waals surface area contributed by atoms with Crippen LogP contribution in [-0.4, -0.2) is 27.3 Å². The zero-order valence-electron chi connectivity index (χ0n) is 13.8. The Bertz CT molecular complexity index is 803. The van der Waals surface area contributed by atoms with Gasteiger partial charge >= 0.3 is 0 Å². The Kier molecular flexibility index (Phi) is 5.13. The summed E-state index contributed by atoms with van der Waals surface area (Å²) in [6, 6.07) is 15.8. The van der Waals surface area contributed by atoms with Gasteiger partial charge < -0.3 is 0 Å². The van der Waals surface area contributed by atoms with Crippen molar-refractivity contribution >= 4 is 33.5 Å². The van der Waals surface area contributed by atoms with Crippen LogP contribution in [-0.2, 0) is 9.59 Å². The third-order valence-electron chi connectivity index (χ3n) is 4.34. The molecule has 5 heteroatoms.